The molecule has 1 aliphatic rings. The Hall–Kier alpha value is -2.80. The van der Waals surface area contributed by atoms with Gasteiger partial charge < -0.3 is 20.1 Å². The molecule has 0 aliphatic carbocycles. The Labute approximate surface area is 148 Å². The smallest absolute Gasteiger partial charge is 0.315 e. The largest absolute Gasteiger partial charge is 0.486 e. The molecule has 1 aliphatic heterocycles. The Morgan fingerprint density at radius 1 is 1.12 bits per heavy atom. The molecule has 0 radical (unpaired) electrons. The summed E-state index contributed by atoms with van der Waals surface area (Å²) in [5.74, 6) is 1.44. The Morgan fingerprint density at radius 3 is 2.80 bits per heavy atom. The number of urea groups is 1. The Bertz CT molecular complexity index is 863. The molecule has 3 aromatic rings. The van der Waals surface area contributed by atoms with Gasteiger partial charge in [0.2, 0.25) is 0 Å². The predicted octanol–water partition coefficient (Wildman–Crippen LogP) is 2.94. The number of carbonyl (C=O) groups is 1. The van der Waals surface area contributed by atoms with E-state index in [1.807, 2.05) is 48.5 Å². The minimum absolute atomic E-state index is 0.205. The highest BCUT2D eigenvalue weighted by Crippen LogP contribution is 2.30. The molecule has 0 fully saturated rings. The molecule has 2 N–H and O–H groups in total. The maximum atomic E-state index is 12.0. The maximum absolute atomic E-state index is 12.0. The van der Waals surface area contributed by atoms with Gasteiger partial charge >= 0.3 is 6.03 Å². The zero-order valence-corrected chi connectivity index (χ0v) is 14.2. The van der Waals surface area contributed by atoms with Crippen LogP contribution in [0.1, 0.15) is 5.01 Å². The van der Waals surface area contributed by atoms with Crippen molar-refractivity contribution in [2.24, 2.45) is 0 Å². The summed E-state index contributed by atoms with van der Waals surface area (Å²) in [5, 5.41) is 6.51. The van der Waals surface area contributed by atoms with Crippen LogP contribution in [-0.4, -0.2) is 30.3 Å². The minimum Gasteiger partial charge on any atom is -0.486 e. The van der Waals surface area contributed by atoms with Gasteiger partial charge in [-0.05, 0) is 24.3 Å². The molecular weight excluding hydrogens is 338 g/mol. The average Bonchev–Trinajstić information content (AvgIpc) is 3.07. The number of para-hydroxylation sites is 3. The Kier molecular flexibility index (Phi) is 4.39. The van der Waals surface area contributed by atoms with Crippen LogP contribution >= 0.6 is 11.3 Å². The quantitative estimate of drug-likeness (QED) is 0.755. The van der Waals surface area contributed by atoms with Gasteiger partial charge in [-0.1, -0.05) is 24.3 Å². The molecule has 128 valence electrons. The van der Waals surface area contributed by atoms with Gasteiger partial charge in [-0.25, -0.2) is 9.78 Å². The van der Waals surface area contributed by atoms with Gasteiger partial charge in [0.1, 0.15) is 11.6 Å². The van der Waals surface area contributed by atoms with Crippen molar-refractivity contribution >= 4 is 27.6 Å². The van der Waals surface area contributed by atoms with E-state index in [0.29, 0.717) is 25.4 Å². The van der Waals surface area contributed by atoms with Crippen molar-refractivity contribution < 1.29 is 14.3 Å². The van der Waals surface area contributed by atoms with Gasteiger partial charge in [0.25, 0.3) is 0 Å². The molecule has 25 heavy (non-hydrogen) atoms. The van der Waals surface area contributed by atoms with Crippen LogP contribution in [-0.2, 0) is 6.54 Å². The van der Waals surface area contributed by atoms with Gasteiger partial charge in [0.05, 0.1) is 23.3 Å². The van der Waals surface area contributed by atoms with Gasteiger partial charge in [0.15, 0.2) is 17.6 Å². The zero-order chi connectivity index (χ0) is 17.1. The summed E-state index contributed by atoms with van der Waals surface area (Å²) in [5.41, 5.74) is 0.955. The fourth-order valence-corrected chi connectivity index (χ4v) is 3.49. The van der Waals surface area contributed by atoms with Crippen molar-refractivity contribution in [3.05, 3.63) is 53.5 Å². The minimum atomic E-state index is -0.248. The number of hydrogen-bond donors (Lipinski definition) is 2. The van der Waals surface area contributed by atoms with Crippen LogP contribution in [0.5, 0.6) is 11.5 Å². The van der Waals surface area contributed by atoms with E-state index >= 15 is 0 Å². The fourth-order valence-electron chi connectivity index (χ4n) is 2.58. The lowest BCUT2D eigenvalue weighted by Gasteiger charge is -2.26. The second-order valence-corrected chi connectivity index (χ2v) is 6.75. The van der Waals surface area contributed by atoms with E-state index in [1.54, 1.807) is 11.3 Å². The van der Waals surface area contributed by atoms with Gasteiger partial charge in [-0.15, -0.1) is 11.3 Å². The first-order chi connectivity index (χ1) is 12.3. The summed E-state index contributed by atoms with van der Waals surface area (Å²) < 4.78 is 12.6. The number of nitrogens with one attached hydrogen (secondary N) is 2. The van der Waals surface area contributed by atoms with Crippen LogP contribution in [0.4, 0.5) is 4.79 Å². The molecule has 2 heterocycles. The van der Waals surface area contributed by atoms with E-state index < -0.39 is 0 Å². The number of ether oxygens (including phenoxy) is 2. The first-order valence-corrected chi connectivity index (χ1v) is 8.84. The Morgan fingerprint density at radius 2 is 1.92 bits per heavy atom. The van der Waals surface area contributed by atoms with Crippen LogP contribution in [0, 0.1) is 0 Å². The fraction of sp³-hybridized carbons (Fsp3) is 0.222. The Balaban J connectivity index is 1.25. The molecule has 2 amide bonds. The third-order valence-electron chi connectivity index (χ3n) is 3.80. The number of benzene rings is 2. The van der Waals surface area contributed by atoms with Gasteiger partial charge in [-0.3, -0.25) is 0 Å². The molecule has 7 heteroatoms. The summed E-state index contributed by atoms with van der Waals surface area (Å²) in [7, 11) is 0. The molecule has 0 saturated carbocycles. The number of thiazole rings is 1. The second kappa shape index (κ2) is 6.98. The molecule has 2 aromatic carbocycles. The first kappa shape index (κ1) is 15.7. The number of amides is 2. The molecular formula is C18H17N3O3S. The lowest BCUT2D eigenvalue weighted by Crippen LogP contribution is -2.44. The summed E-state index contributed by atoms with van der Waals surface area (Å²) in [6, 6.07) is 15.2. The molecule has 0 spiro atoms. The number of fused-ring (bicyclic) bond motifs is 2. The van der Waals surface area contributed by atoms with E-state index in [9.17, 15) is 4.79 Å². The highest BCUT2D eigenvalue weighted by Gasteiger charge is 2.20. The van der Waals surface area contributed by atoms with E-state index in [4.69, 9.17) is 9.47 Å². The third kappa shape index (κ3) is 3.66. The van der Waals surface area contributed by atoms with Crippen molar-refractivity contribution in [2.45, 2.75) is 12.6 Å². The first-order valence-electron chi connectivity index (χ1n) is 8.02. The summed E-state index contributed by atoms with van der Waals surface area (Å²) in [6.07, 6.45) is -0.205. The monoisotopic (exact) mass is 355 g/mol. The zero-order valence-electron chi connectivity index (χ0n) is 13.4. The van der Waals surface area contributed by atoms with Gasteiger partial charge in [0, 0.05) is 0 Å². The molecule has 4 rings (SSSR count). The van der Waals surface area contributed by atoms with Gasteiger partial charge in [-0.2, -0.15) is 0 Å². The lowest BCUT2D eigenvalue weighted by molar-refractivity contribution is 0.0918. The van der Waals surface area contributed by atoms with E-state index in [-0.39, 0.29) is 12.1 Å². The van der Waals surface area contributed by atoms with E-state index in [1.165, 1.54) is 0 Å². The SMILES string of the molecule is O=C(NCc1nc2ccccc2s1)NC[C@@H]1COc2ccccc2O1. The molecule has 0 bridgehead atoms. The molecule has 0 unspecified atom stereocenters. The summed E-state index contributed by atoms with van der Waals surface area (Å²) in [4.78, 5) is 16.5. The molecule has 6 nitrogen and oxygen atoms in total. The number of aromatic nitrogens is 1. The van der Waals surface area contributed by atoms with Crippen LogP contribution < -0.4 is 20.1 Å². The highest BCUT2D eigenvalue weighted by molar-refractivity contribution is 7.18. The molecule has 1 atom stereocenters. The van der Waals surface area contributed by atoms with Crippen molar-refractivity contribution in [2.75, 3.05) is 13.2 Å². The normalized spacial score (nSPS) is 15.8. The molecule has 1 aromatic heterocycles. The van der Waals surface area contributed by atoms with Crippen molar-refractivity contribution in [1.29, 1.82) is 0 Å². The number of hydrogen-bond acceptors (Lipinski definition) is 5. The van der Waals surface area contributed by atoms with Crippen molar-refractivity contribution in [3.8, 4) is 11.5 Å². The maximum Gasteiger partial charge on any atom is 0.315 e. The van der Waals surface area contributed by atoms with Crippen LogP contribution in [0.3, 0.4) is 0 Å². The molecule has 0 saturated heterocycles. The highest BCUT2D eigenvalue weighted by atomic mass is 32.1. The number of carbonyl (C=O) groups excluding carboxylic acids is 1. The van der Waals surface area contributed by atoms with E-state index in [0.717, 1.165) is 21.0 Å². The van der Waals surface area contributed by atoms with Crippen LogP contribution in [0.25, 0.3) is 10.2 Å². The standard InChI is InChI=1S/C18H17N3O3S/c22-18(20-10-17-21-13-5-1-4-8-16(13)25-17)19-9-12-11-23-14-6-2-3-7-15(14)24-12/h1-8,12H,9-11H2,(H2,19,20,22)/t12-/m1/s1. The number of nitrogens with zero attached hydrogens (tertiary/aromatic N) is 1. The predicted molar refractivity (Wildman–Crippen MR) is 96.2 cm³/mol. The number of rotatable bonds is 4. The lowest BCUT2D eigenvalue weighted by atomic mass is 10.2. The topological polar surface area (TPSA) is 72.5 Å². The van der Waals surface area contributed by atoms with Crippen LogP contribution in [0.15, 0.2) is 48.5 Å². The average molecular weight is 355 g/mol. The summed E-state index contributed by atoms with van der Waals surface area (Å²) in [6.45, 7) is 1.19. The second-order valence-electron chi connectivity index (χ2n) is 5.64. The van der Waals surface area contributed by atoms with E-state index in [2.05, 4.69) is 15.6 Å². The van der Waals surface area contributed by atoms with Crippen LogP contribution in [0.2, 0.25) is 0 Å². The van der Waals surface area contributed by atoms with Crippen molar-refractivity contribution in [3.63, 3.8) is 0 Å². The third-order valence-corrected chi connectivity index (χ3v) is 4.83. The van der Waals surface area contributed by atoms with Crippen molar-refractivity contribution in [1.82, 2.24) is 15.6 Å². The summed E-state index contributed by atoms with van der Waals surface area (Å²) >= 11 is 1.58.